The van der Waals surface area contributed by atoms with E-state index in [1.54, 1.807) is 17.7 Å². The molecule has 144 valence electrons. The van der Waals surface area contributed by atoms with Crippen molar-refractivity contribution < 1.29 is 4.42 Å². The van der Waals surface area contributed by atoms with Crippen molar-refractivity contribution in [1.29, 1.82) is 0 Å². The summed E-state index contributed by atoms with van der Waals surface area (Å²) in [6, 6.07) is 13.0. The van der Waals surface area contributed by atoms with E-state index in [0.717, 1.165) is 26.3 Å². The summed E-state index contributed by atoms with van der Waals surface area (Å²) in [6.07, 6.45) is 1.51. The summed E-state index contributed by atoms with van der Waals surface area (Å²) in [5, 5.41) is 2.79. The second kappa shape index (κ2) is 6.03. The van der Waals surface area contributed by atoms with E-state index in [2.05, 4.69) is 4.98 Å². The Hall–Kier alpha value is -3.94. The van der Waals surface area contributed by atoms with Crippen molar-refractivity contribution in [2.24, 2.45) is 14.1 Å². The number of benzene rings is 2. The van der Waals surface area contributed by atoms with Crippen LogP contribution in [0.15, 0.2) is 67.6 Å². The van der Waals surface area contributed by atoms with Crippen LogP contribution in [0.4, 0.5) is 0 Å². The van der Waals surface area contributed by atoms with Crippen LogP contribution in [0.3, 0.4) is 0 Å². The molecule has 3 aromatic heterocycles. The van der Waals surface area contributed by atoms with Crippen LogP contribution < -0.4 is 16.9 Å². The summed E-state index contributed by atoms with van der Waals surface area (Å²) in [6.45, 7) is 0.257. The molecule has 0 atom stereocenters. The summed E-state index contributed by atoms with van der Waals surface area (Å²) < 4.78 is 9.52. The molecule has 3 heterocycles. The lowest BCUT2D eigenvalue weighted by Crippen LogP contribution is -2.37. The Morgan fingerprint density at radius 1 is 1.00 bits per heavy atom. The molecule has 0 aliphatic rings. The minimum Gasteiger partial charge on any atom is -0.423 e. The molecule has 5 aromatic rings. The third kappa shape index (κ3) is 2.46. The van der Waals surface area contributed by atoms with Crippen LogP contribution in [0.25, 0.3) is 32.9 Å². The maximum absolute atomic E-state index is 12.4. The third-order valence-corrected chi connectivity index (χ3v) is 5.26. The highest BCUT2D eigenvalue weighted by atomic mass is 16.4. The van der Waals surface area contributed by atoms with Crippen LogP contribution in [-0.2, 0) is 20.6 Å². The van der Waals surface area contributed by atoms with Crippen LogP contribution in [-0.4, -0.2) is 18.7 Å². The van der Waals surface area contributed by atoms with E-state index < -0.39 is 16.9 Å². The number of aromatic nitrogens is 4. The van der Waals surface area contributed by atoms with Gasteiger partial charge in [-0.2, -0.15) is 0 Å². The summed E-state index contributed by atoms with van der Waals surface area (Å²) >= 11 is 0. The van der Waals surface area contributed by atoms with E-state index >= 15 is 0 Å². The predicted molar refractivity (Wildman–Crippen MR) is 109 cm³/mol. The molecule has 8 heteroatoms. The number of hydrogen-bond donors (Lipinski definition) is 0. The second-order valence-electron chi connectivity index (χ2n) is 7.00. The number of hydrogen-bond acceptors (Lipinski definition) is 5. The van der Waals surface area contributed by atoms with Gasteiger partial charge in [0.25, 0.3) is 5.56 Å². The van der Waals surface area contributed by atoms with E-state index in [0.29, 0.717) is 11.2 Å². The van der Waals surface area contributed by atoms with Crippen molar-refractivity contribution in [1.82, 2.24) is 18.7 Å². The maximum Gasteiger partial charge on any atom is 0.336 e. The van der Waals surface area contributed by atoms with Crippen LogP contribution >= 0.6 is 0 Å². The monoisotopic (exact) mass is 388 g/mol. The van der Waals surface area contributed by atoms with Gasteiger partial charge < -0.3 is 8.98 Å². The molecule has 0 unspecified atom stereocenters. The molecule has 0 saturated carbocycles. The molecule has 0 bridgehead atoms. The zero-order chi connectivity index (χ0) is 20.3. The Morgan fingerprint density at radius 2 is 1.79 bits per heavy atom. The van der Waals surface area contributed by atoms with Gasteiger partial charge >= 0.3 is 11.3 Å². The number of aryl methyl sites for hydroxylation is 1. The number of rotatable bonds is 2. The average Bonchev–Trinajstić information content (AvgIpc) is 3.13. The van der Waals surface area contributed by atoms with Crippen molar-refractivity contribution >= 4 is 32.9 Å². The van der Waals surface area contributed by atoms with Crippen LogP contribution in [0.5, 0.6) is 0 Å². The van der Waals surface area contributed by atoms with E-state index in [4.69, 9.17) is 4.42 Å². The molecule has 29 heavy (non-hydrogen) atoms. The summed E-state index contributed by atoms with van der Waals surface area (Å²) in [4.78, 5) is 41.1. The molecular formula is C21H16N4O4. The first-order chi connectivity index (χ1) is 14.0. The molecule has 0 saturated heterocycles. The Kier molecular flexibility index (Phi) is 3.57. The van der Waals surface area contributed by atoms with Crippen molar-refractivity contribution in [3.63, 3.8) is 0 Å². The summed E-state index contributed by atoms with van der Waals surface area (Å²) in [5.74, 6) is 0. The van der Waals surface area contributed by atoms with Gasteiger partial charge in [-0.1, -0.05) is 30.3 Å². The van der Waals surface area contributed by atoms with E-state index in [9.17, 15) is 14.4 Å². The molecule has 0 spiro atoms. The fraction of sp³-hybridized carbons (Fsp3) is 0.143. The molecule has 0 amide bonds. The van der Waals surface area contributed by atoms with Gasteiger partial charge in [-0.3, -0.25) is 13.9 Å². The first-order valence-electron chi connectivity index (χ1n) is 9.01. The summed E-state index contributed by atoms with van der Waals surface area (Å²) in [5.41, 5.74) is 0.459. The predicted octanol–water partition coefficient (Wildman–Crippen LogP) is 1.74. The Balaban J connectivity index is 1.83. The minimum atomic E-state index is -0.461. The molecule has 0 N–H and O–H groups in total. The minimum absolute atomic E-state index is 0.201. The molecule has 0 aliphatic carbocycles. The maximum atomic E-state index is 12.4. The number of nitrogens with zero attached hydrogens (tertiary/aromatic N) is 4. The van der Waals surface area contributed by atoms with Gasteiger partial charge in [-0.25, -0.2) is 14.6 Å². The lowest BCUT2D eigenvalue weighted by Gasteiger charge is -2.11. The van der Waals surface area contributed by atoms with Crippen LogP contribution in [0.2, 0.25) is 0 Å². The average molecular weight is 388 g/mol. The highest BCUT2D eigenvalue weighted by Gasteiger charge is 2.16. The molecular weight excluding hydrogens is 372 g/mol. The lowest BCUT2D eigenvalue weighted by molar-refractivity contribution is 0.558. The fourth-order valence-corrected chi connectivity index (χ4v) is 3.88. The van der Waals surface area contributed by atoms with E-state index in [1.165, 1.54) is 24.0 Å². The molecule has 2 aromatic carbocycles. The summed E-state index contributed by atoms with van der Waals surface area (Å²) in [7, 11) is 3.01. The van der Waals surface area contributed by atoms with Gasteiger partial charge in [0.1, 0.15) is 11.2 Å². The molecule has 0 radical (unpaired) electrons. The van der Waals surface area contributed by atoms with Gasteiger partial charge in [-0.05, 0) is 22.4 Å². The molecule has 0 aliphatic heterocycles. The molecule has 8 nitrogen and oxygen atoms in total. The zero-order valence-electron chi connectivity index (χ0n) is 15.7. The Bertz CT molecular complexity index is 1620. The van der Waals surface area contributed by atoms with Gasteiger partial charge in [0, 0.05) is 25.5 Å². The van der Waals surface area contributed by atoms with E-state index in [-0.39, 0.29) is 12.1 Å². The zero-order valence-corrected chi connectivity index (χ0v) is 15.7. The van der Waals surface area contributed by atoms with Crippen molar-refractivity contribution in [2.75, 3.05) is 0 Å². The fourth-order valence-electron chi connectivity index (χ4n) is 3.88. The number of imidazole rings is 1. The Labute approximate surface area is 162 Å². The lowest BCUT2D eigenvalue weighted by atomic mass is 10.0. The highest BCUT2D eigenvalue weighted by molar-refractivity contribution is 6.07. The quantitative estimate of drug-likeness (QED) is 0.339. The second-order valence-corrected chi connectivity index (χ2v) is 7.00. The standard InChI is InChI=1S/C21H16N4O4/c1-23-19-18(20(27)24(2)21(23)28)22-11-25(19)10-13-9-16(26)29-15-8-7-12-5-3-4-6-14(12)17(13)15/h3-9,11H,10H2,1-2H3. The van der Waals surface area contributed by atoms with E-state index in [1.807, 2.05) is 30.3 Å². The van der Waals surface area contributed by atoms with Gasteiger partial charge in [0.15, 0.2) is 5.52 Å². The first-order valence-corrected chi connectivity index (χ1v) is 9.01. The SMILES string of the molecule is Cn1c(=O)c2ncn(Cc3cc(=O)oc4ccc5ccccc5c34)c2n(C)c1=O. The Morgan fingerprint density at radius 3 is 2.62 bits per heavy atom. The first kappa shape index (κ1) is 17.2. The topological polar surface area (TPSA) is 92.0 Å². The van der Waals surface area contributed by atoms with Crippen molar-refractivity contribution in [3.05, 3.63) is 85.6 Å². The van der Waals surface area contributed by atoms with Crippen molar-refractivity contribution in [3.8, 4) is 0 Å². The van der Waals surface area contributed by atoms with Gasteiger partial charge in [0.05, 0.1) is 12.9 Å². The largest absolute Gasteiger partial charge is 0.423 e. The number of fused-ring (bicyclic) bond motifs is 4. The van der Waals surface area contributed by atoms with Crippen LogP contribution in [0, 0.1) is 0 Å². The molecule has 5 rings (SSSR count). The van der Waals surface area contributed by atoms with Gasteiger partial charge in [0.2, 0.25) is 0 Å². The third-order valence-electron chi connectivity index (χ3n) is 5.26. The molecule has 0 fully saturated rings. The normalized spacial score (nSPS) is 11.7. The van der Waals surface area contributed by atoms with Gasteiger partial charge in [-0.15, -0.1) is 0 Å². The highest BCUT2D eigenvalue weighted by Crippen LogP contribution is 2.28. The smallest absolute Gasteiger partial charge is 0.336 e. The van der Waals surface area contributed by atoms with Crippen LogP contribution in [0.1, 0.15) is 5.56 Å². The van der Waals surface area contributed by atoms with Crippen molar-refractivity contribution in [2.45, 2.75) is 6.54 Å².